The third-order valence-electron chi connectivity index (χ3n) is 4.70. The van der Waals surface area contributed by atoms with Gasteiger partial charge in [-0.05, 0) is 98.7 Å². The van der Waals surface area contributed by atoms with Gasteiger partial charge in [0, 0.05) is 15.1 Å². The van der Waals surface area contributed by atoms with Gasteiger partial charge in [-0.3, -0.25) is 4.57 Å². The van der Waals surface area contributed by atoms with Crippen molar-refractivity contribution in [3.8, 4) is 0 Å². The zero-order valence-corrected chi connectivity index (χ0v) is 19.9. The van der Waals surface area contributed by atoms with Gasteiger partial charge in [0.15, 0.2) is 0 Å². The standard InChI is InChI=1S/C24H27OPS2/c1-16-12-18(3)23(19(4)13-16)27-26(25,22-10-8-7-9-11-22)28-24-20(5)14-17(2)15-21(24)6/h7-15H,1-6H3. The molecule has 0 aliphatic heterocycles. The number of hydrogen-bond acceptors (Lipinski definition) is 3. The summed E-state index contributed by atoms with van der Waals surface area (Å²) in [7, 11) is 0. The maximum absolute atomic E-state index is 14.5. The van der Waals surface area contributed by atoms with Gasteiger partial charge in [0.1, 0.15) is 0 Å². The number of hydrogen-bond donors (Lipinski definition) is 0. The van der Waals surface area contributed by atoms with E-state index in [-0.39, 0.29) is 0 Å². The quantitative estimate of drug-likeness (QED) is 0.385. The predicted octanol–water partition coefficient (Wildman–Crippen LogP) is 7.94. The average molecular weight is 427 g/mol. The smallest absolute Gasteiger partial charge is 0.228 e. The Labute approximate surface area is 177 Å². The van der Waals surface area contributed by atoms with E-state index in [0.717, 1.165) is 15.1 Å². The molecule has 1 nitrogen and oxygen atoms in total. The lowest BCUT2D eigenvalue weighted by Crippen LogP contribution is -2.01. The first kappa shape index (κ1) is 21.3. The normalized spacial score (nSPS) is 11.6. The summed E-state index contributed by atoms with van der Waals surface area (Å²) in [5, 5.41) is 0.906. The Hall–Kier alpha value is -1.41. The van der Waals surface area contributed by atoms with Crippen molar-refractivity contribution in [1.82, 2.24) is 0 Å². The number of benzene rings is 3. The van der Waals surface area contributed by atoms with E-state index in [9.17, 15) is 4.57 Å². The topological polar surface area (TPSA) is 17.1 Å². The van der Waals surface area contributed by atoms with E-state index in [0.29, 0.717) is 0 Å². The van der Waals surface area contributed by atoms with Crippen LogP contribution in [-0.4, -0.2) is 0 Å². The van der Waals surface area contributed by atoms with E-state index < -0.39 is 5.55 Å². The molecule has 0 atom stereocenters. The zero-order chi connectivity index (χ0) is 20.5. The van der Waals surface area contributed by atoms with Crippen LogP contribution >= 0.6 is 28.3 Å². The SMILES string of the molecule is Cc1cc(C)c(SP(=O)(Sc2c(C)cc(C)cc2C)c2ccccc2)c(C)c1. The Kier molecular flexibility index (Phi) is 6.49. The fraction of sp³-hybridized carbons (Fsp3) is 0.250. The largest absolute Gasteiger partial charge is 0.295 e. The first-order valence-electron chi connectivity index (χ1n) is 9.40. The van der Waals surface area contributed by atoms with Crippen molar-refractivity contribution >= 4 is 33.6 Å². The van der Waals surface area contributed by atoms with Crippen molar-refractivity contribution in [3.05, 3.63) is 88.0 Å². The van der Waals surface area contributed by atoms with E-state index in [2.05, 4.69) is 65.8 Å². The number of aryl methyl sites for hydroxylation is 6. The molecule has 4 heteroatoms. The van der Waals surface area contributed by atoms with Crippen LogP contribution < -0.4 is 5.30 Å². The minimum absolute atomic E-state index is 0.906. The van der Waals surface area contributed by atoms with Gasteiger partial charge in [-0.2, -0.15) is 0 Å². The molecule has 3 aromatic rings. The second-order valence-electron chi connectivity index (χ2n) is 7.47. The van der Waals surface area contributed by atoms with E-state index in [1.54, 1.807) is 22.8 Å². The summed E-state index contributed by atoms with van der Waals surface area (Å²) in [6.45, 7) is 12.7. The lowest BCUT2D eigenvalue weighted by molar-refractivity contribution is 0.598. The van der Waals surface area contributed by atoms with Gasteiger partial charge in [-0.25, -0.2) is 0 Å². The maximum atomic E-state index is 14.5. The Bertz CT molecular complexity index is 948. The third-order valence-corrected chi connectivity index (χ3v) is 12.9. The van der Waals surface area contributed by atoms with Crippen LogP contribution in [0.1, 0.15) is 33.4 Å². The fourth-order valence-corrected chi connectivity index (χ4v) is 12.0. The lowest BCUT2D eigenvalue weighted by Gasteiger charge is -2.22. The van der Waals surface area contributed by atoms with Gasteiger partial charge in [-0.15, -0.1) is 0 Å². The second-order valence-corrected chi connectivity index (χ2v) is 15.0. The minimum Gasteiger partial charge on any atom is -0.295 e. The molecular weight excluding hydrogens is 399 g/mol. The molecule has 0 unspecified atom stereocenters. The summed E-state index contributed by atoms with van der Waals surface area (Å²) in [6.07, 6.45) is 0. The predicted molar refractivity (Wildman–Crippen MR) is 127 cm³/mol. The third kappa shape index (κ3) is 4.59. The van der Waals surface area contributed by atoms with Gasteiger partial charge in [0.05, 0.1) is 0 Å². The van der Waals surface area contributed by atoms with Gasteiger partial charge in [0.2, 0.25) is 5.55 Å². The van der Waals surface area contributed by atoms with Crippen LogP contribution in [0.2, 0.25) is 0 Å². The minimum atomic E-state index is -2.82. The molecule has 0 bridgehead atoms. The van der Waals surface area contributed by atoms with Crippen molar-refractivity contribution in [2.24, 2.45) is 0 Å². The van der Waals surface area contributed by atoms with E-state index in [1.807, 2.05) is 30.3 Å². The molecule has 0 N–H and O–H groups in total. The molecule has 146 valence electrons. The summed E-state index contributed by atoms with van der Waals surface area (Å²) in [4.78, 5) is 2.26. The average Bonchev–Trinajstić information content (AvgIpc) is 2.62. The van der Waals surface area contributed by atoms with Crippen molar-refractivity contribution in [3.63, 3.8) is 0 Å². The summed E-state index contributed by atoms with van der Waals surface area (Å²) in [5.41, 5.74) is 4.43. The first-order valence-corrected chi connectivity index (χ1v) is 13.9. The van der Waals surface area contributed by atoms with Gasteiger partial charge in [-0.1, -0.05) is 53.6 Å². The van der Waals surface area contributed by atoms with Crippen molar-refractivity contribution in [2.75, 3.05) is 0 Å². The first-order chi connectivity index (χ1) is 13.2. The van der Waals surface area contributed by atoms with Crippen LogP contribution in [0.15, 0.2) is 64.4 Å². The van der Waals surface area contributed by atoms with E-state index in [1.165, 1.54) is 33.4 Å². The molecule has 0 amide bonds. The summed E-state index contributed by atoms with van der Waals surface area (Å²) in [5.74, 6) is 0. The molecule has 0 aliphatic rings. The highest BCUT2D eigenvalue weighted by Gasteiger charge is 2.31. The molecule has 0 aliphatic carbocycles. The molecule has 0 saturated carbocycles. The van der Waals surface area contributed by atoms with Gasteiger partial charge < -0.3 is 0 Å². The van der Waals surface area contributed by atoms with E-state index in [4.69, 9.17) is 0 Å². The van der Waals surface area contributed by atoms with Crippen LogP contribution in [0.25, 0.3) is 0 Å². The molecule has 3 aromatic carbocycles. The van der Waals surface area contributed by atoms with Crippen LogP contribution in [0.5, 0.6) is 0 Å². The highest BCUT2D eigenvalue weighted by Crippen LogP contribution is 2.73. The Balaban J connectivity index is 2.12. The zero-order valence-electron chi connectivity index (χ0n) is 17.4. The molecule has 0 radical (unpaired) electrons. The van der Waals surface area contributed by atoms with Crippen molar-refractivity contribution in [1.29, 1.82) is 0 Å². The van der Waals surface area contributed by atoms with Crippen LogP contribution in [0.4, 0.5) is 0 Å². The number of rotatable bonds is 5. The summed E-state index contributed by atoms with van der Waals surface area (Å²) in [6, 6.07) is 18.6. The Morgan fingerprint density at radius 1 is 0.607 bits per heavy atom. The summed E-state index contributed by atoms with van der Waals surface area (Å²) >= 11 is 3.08. The van der Waals surface area contributed by atoms with E-state index >= 15 is 0 Å². The van der Waals surface area contributed by atoms with Crippen LogP contribution in [0, 0.1) is 41.5 Å². The molecule has 0 fully saturated rings. The molecule has 0 saturated heterocycles. The maximum Gasteiger partial charge on any atom is 0.228 e. The molecule has 28 heavy (non-hydrogen) atoms. The highest BCUT2D eigenvalue weighted by molar-refractivity contribution is 8.92. The van der Waals surface area contributed by atoms with Gasteiger partial charge in [0.25, 0.3) is 0 Å². The Morgan fingerprint density at radius 3 is 1.32 bits per heavy atom. The summed E-state index contributed by atoms with van der Waals surface area (Å²) < 4.78 is 14.5. The Morgan fingerprint density at radius 2 is 0.964 bits per heavy atom. The van der Waals surface area contributed by atoms with Crippen LogP contribution in [-0.2, 0) is 4.57 Å². The second kappa shape index (κ2) is 8.53. The molecule has 0 aromatic heterocycles. The van der Waals surface area contributed by atoms with Crippen molar-refractivity contribution in [2.45, 2.75) is 51.3 Å². The molecule has 0 spiro atoms. The monoisotopic (exact) mass is 426 g/mol. The van der Waals surface area contributed by atoms with Crippen molar-refractivity contribution < 1.29 is 4.57 Å². The molecule has 3 rings (SSSR count). The molecule has 0 heterocycles. The highest BCUT2D eigenvalue weighted by atomic mass is 33.1. The lowest BCUT2D eigenvalue weighted by atomic mass is 10.1. The molecular formula is C24H27OPS2. The fourth-order valence-electron chi connectivity index (χ4n) is 3.60. The van der Waals surface area contributed by atoms with Crippen LogP contribution in [0.3, 0.4) is 0 Å². The van der Waals surface area contributed by atoms with Gasteiger partial charge >= 0.3 is 0 Å².